The molecule has 0 aliphatic heterocycles. The van der Waals surface area contributed by atoms with Gasteiger partial charge in [0.15, 0.2) is 0 Å². The topological polar surface area (TPSA) is 92.3 Å². The van der Waals surface area contributed by atoms with Crippen LogP contribution in [0.3, 0.4) is 0 Å². The van der Waals surface area contributed by atoms with E-state index in [-0.39, 0.29) is 10.8 Å². The average molecular weight is 383 g/mol. The number of carbonyl (C=O) groups is 1. The predicted octanol–water partition coefficient (Wildman–Crippen LogP) is 2.91. The van der Waals surface area contributed by atoms with Crippen molar-refractivity contribution in [3.8, 4) is 0 Å². The van der Waals surface area contributed by atoms with Gasteiger partial charge in [0.2, 0.25) is 15.2 Å². The molecule has 1 N–H and O–H groups in total. The Bertz CT molecular complexity index is 810. The number of nitrogens with one attached hydrogen (secondary N) is 1. The van der Waals surface area contributed by atoms with Crippen molar-refractivity contribution in [2.24, 2.45) is 0 Å². The molecule has 0 fully saturated rings. The zero-order valence-corrected chi connectivity index (χ0v) is 16.2. The third-order valence-electron chi connectivity index (χ3n) is 3.45. The van der Waals surface area contributed by atoms with Gasteiger partial charge >= 0.3 is 0 Å². The number of nitrogens with zero attached hydrogens (tertiary/aromatic N) is 3. The van der Waals surface area contributed by atoms with Crippen LogP contribution < -0.4 is 5.32 Å². The summed E-state index contributed by atoms with van der Waals surface area (Å²) >= 11 is 1.28. The van der Waals surface area contributed by atoms with Gasteiger partial charge in [-0.25, -0.2) is 8.42 Å². The van der Waals surface area contributed by atoms with Crippen LogP contribution in [0.1, 0.15) is 42.1 Å². The van der Waals surface area contributed by atoms with Gasteiger partial charge in [0, 0.05) is 18.7 Å². The summed E-state index contributed by atoms with van der Waals surface area (Å²) in [5.74, 6) is -0.348. The highest BCUT2D eigenvalue weighted by molar-refractivity contribution is 7.89. The summed E-state index contributed by atoms with van der Waals surface area (Å²) in [6.07, 6.45) is 1.50. The molecular formula is C16H22N4O3S2. The van der Waals surface area contributed by atoms with E-state index < -0.39 is 10.0 Å². The first-order valence-corrected chi connectivity index (χ1v) is 10.4. The largest absolute Gasteiger partial charge is 0.296 e. The van der Waals surface area contributed by atoms with Gasteiger partial charge in [-0.3, -0.25) is 10.1 Å². The maximum Gasteiger partial charge on any atom is 0.257 e. The highest BCUT2D eigenvalue weighted by Gasteiger charge is 2.23. The summed E-state index contributed by atoms with van der Waals surface area (Å²) in [5, 5.41) is 11.5. The second-order valence-electron chi connectivity index (χ2n) is 5.51. The summed E-state index contributed by atoms with van der Waals surface area (Å²) < 4.78 is 26.9. The summed E-state index contributed by atoms with van der Waals surface area (Å²) in [4.78, 5) is 12.4. The fourth-order valence-electron chi connectivity index (χ4n) is 2.29. The molecule has 1 aromatic heterocycles. The SMILES string of the molecule is CCCN(CCC)S(=O)(=O)c1ccc(C(=O)Nc2nnc(C)s2)cc1. The third kappa shape index (κ3) is 4.83. The van der Waals surface area contributed by atoms with Crippen molar-refractivity contribution in [3.05, 3.63) is 34.8 Å². The van der Waals surface area contributed by atoms with Crippen molar-refractivity contribution in [3.63, 3.8) is 0 Å². The number of rotatable bonds is 8. The monoisotopic (exact) mass is 382 g/mol. The standard InChI is InChI=1S/C16H22N4O3S2/c1-4-10-20(11-5-2)25(22,23)14-8-6-13(7-9-14)15(21)17-16-19-18-12(3)24-16/h6-9H,4-5,10-11H2,1-3H3,(H,17,19,21). The van der Waals surface area contributed by atoms with Crippen molar-refractivity contribution in [1.82, 2.24) is 14.5 Å². The van der Waals surface area contributed by atoms with Gasteiger partial charge in [-0.1, -0.05) is 25.2 Å². The van der Waals surface area contributed by atoms with E-state index in [1.807, 2.05) is 13.8 Å². The first-order valence-electron chi connectivity index (χ1n) is 8.10. The number of sulfonamides is 1. The third-order valence-corrected chi connectivity index (χ3v) is 6.11. The van der Waals surface area contributed by atoms with E-state index in [0.717, 1.165) is 17.8 Å². The summed E-state index contributed by atoms with van der Waals surface area (Å²) in [6, 6.07) is 5.94. The molecule has 0 unspecified atom stereocenters. The molecule has 0 spiro atoms. The van der Waals surface area contributed by atoms with Crippen LogP contribution in [0.5, 0.6) is 0 Å². The molecule has 0 aliphatic carbocycles. The van der Waals surface area contributed by atoms with Gasteiger partial charge in [-0.05, 0) is 44.0 Å². The molecule has 25 heavy (non-hydrogen) atoms. The van der Waals surface area contributed by atoms with Crippen LogP contribution >= 0.6 is 11.3 Å². The lowest BCUT2D eigenvalue weighted by Gasteiger charge is -2.21. The van der Waals surface area contributed by atoms with E-state index >= 15 is 0 Å². The normalized spacial score (nSPS) is 11.7. The van der Waals surface area contributed by atoms with E-state index in [9.17, 15) is 13.2 Å². The zero-order chi connectivity index (χ0) is 18.4. The molecule has 0 aliphatic rings. The van der Waals surface area contributed by atoms with Gasteiger partial charge in [0.25, 0.3) is 5.91 Å². The molecule has 2 aromatic rings. The molecule has 7 nitrogen and oxygen atoms in total. The number of benzene rings is 1. The minimum Gasteiger partial charge on any atom is -0.296 e. The number of aromatic nitrogens is 2. The number of anilines is 1. The van der Waals surface area contributed by atoms with Gasteiger partial charge in [-0.2, -0.15) is 4.31 Å². The molecule has 136 valence electrons. The number of carbonyl (C=O) groups excluding carboxylic acids is 1. The van der Waals surface area contributed by atoms with Crippen molar-refractivity contribution in [2.45, 2.75) is 38.5 Å². The van der Waals surface area contributed by atoms with Crippen LogP contribution in [-0.4, -0.2) is 41.9 Å². The Morgan fingerprint density at radius 1 is 1.12 bits per heavy atom. The van der Waals surface area contributed by atoms with E-state index in [1.54, 1.807) is 6.92 Å². The molecule has 0 atom stereocenters. The lowest BCUT2D eigenvalue weighted by molar-refractivity contribution is 0.102. The molecule has 1 amide bonds. The van der Waals surface area contributed by atoms with Crippen LogP contribution in [0.25, 0.3) is 0 Å². The van der Waals surface area contributed by atoms with Gasteiger partial charge < -0.3 is 0 Å². The molecule has 9 heteroatoms. The number of amides is 1. The van der Waals surface area contributed by atoms with Crippen LogP contribution in [0, 0.1) is 6.92 Å². The molecule has 0 saturated heterocycles. The van der Waals surface area contributed by atoms with Crippen molar-refractivity contribution >= 4 is 32.4 Å². The Balaban J connectivity index is 2.16. The Hall–Kier alpha value is -1.84. The van der Waals surface area contributed by atoms with E-state index in [2.05, 4.69) is 15.5 Å². The first-order chi connectivity index (χ1) is 11.9. The second-order valence-corrected chi connectivity index (χ2v) is 8.63. The van der Waals surface area contributed by atoms with Crippen molar-refractivity contribution < 1.29 is 13.2 Å². The lowest BCUT2D eigenvalue weighted by Crippen LogP contribution is -2.32. The molecular weight excluding hydrogens is 360 g/mol. The van der Waals surface area contributed by atoms with E-state index in [0.29, 0.717) is 23.8 Å². The zero-order valence-electron chi connectivity index (χ0n) is 14.5. The maximum atomic E-state index is 12.7. The van der Waals surface area contributed by atoms with Crippen LogP contribution in [-0.2, 0) is 10.0 Å². The molecule has 0 bridgehead atoms. The average Bonchev–Trinajstić information content (AvgIpc) is 2.99. The Morgan fingerprint density at radius 2 is 1.72 bits per heavy atom. The molecule has 1 aromatic carbocycles. The molecule has 0 radical (unpaired) electrons. The highest BCUT2D eigenvalue weighted by atomic mass is 32.2. The molecule has 1 heterocycles. The predicted molar refractivity (Wildman–Crippen MR) is 98.4 cm³/mol. The first kappa shape index (κ1) is 19.5. The molecule has 0 saturated carbocycles. The number of hydrogen-bond acceptors (Lipinski definition) is 6. The fourth-order valence-corrected chi connectivity index (χ4v) is 4.51. The van der Waals surface area contributed by atoms with Gasteiger partial charge in [0.05, 0.1) is 4.90 Å². The van der Waals surface area contributed by atoms with Crippen LogP contribution in [0.2, 0.25) is 0 Å². The maximum absolute atomic E-state index is 12.7. The minimum absolute atomic E-state index is 0.192. The van der Waals surface area contributed by atoms with Crippen LogP contribution in [0.15, 0.2) is 29.2 Å². The summed E-state index contributed by atoms with van der Waals surface area (Å²) in [7, 11) is -3.54. The molecule has 2 rings (SSSR count). The van der Waals surface area contributed by atoms with Gasteiger partial charge in [-0.15, -0.1) is 10.2 Å². The van der Waals surface area contributed by atoms with E-state index in [1.165, 1.54) is 39.9 Å². The Morgan fingerprint density at radius 3 is 2.20 bits per heavy atom. The highest BCUT2D eigenvalue weighted by Crippen LogP contribution is 2.19. The van der Waals surface area contributed by atoms with Crippen molar-refractivity contribution in [2.75, 3.05) is 18.4 Å². The number of aryl methyl sites for hydroxylation is 1. The summed E-state index contributed by atoms with van der Waals surface area (Å²) in [5.41, 5.74) is 0.365. The fraction of sp³-hybridized carbons (Fsp3) is 0.438. The van der Waals surface area contributed by atoms with Gasteiger partial charge in [0.1, 0.15) is 5.01 Å². The second kappa shape index (κ2) is 8.50. The quantitative estimate of drug-likeness (QED) is 0.758. The summed E-state index contributed by atoms with van der Waals surface area (Å²) in [6.45, 7) is 6.65. The van der Waals surface area contributed by atoms with E-state index in [4.69, 9.17) is 0 Å². The van der Waals surface area contributed by atoms with Crippen molar-refractivity contribution in [1.29, 1.82) is 0 Å². The number of hydrogen-bond donors (Lipinski definition) is 1. The van der Waals surface area contributed by atoms with Crippen LogP contribution in [0.4, 0.5) is 5.13 Å². The smallest absolute Gasteiger partial charge is 0.257 e. The Kier molecular flexibility index (Phi) is 6.63. The Labute approximate surface area is 152 Å². The minimum atomic E-state index is -3.54. The lowest BCUT2D eigenvalue weighted by atomic mass is 10.2.